The average Bonchev–Trinajstić information content (AvgIpc) is 2.45. The maximum Gasteiger partial charge on any atom is 0.210 e. The highest BCUT2D eigenvalue weighted by atomic mass is 32.2. The largest absolute Gasteiger partial charge is 0.305 e. The van der Waals surface area contributed by atoms with Crippen LogP contribution in [0.2, 0.25) is 0 Å². The van der Waals surface area contributed by atoms with Crippen molar-refractivity contribution < 1.29 is 12.8 Å². The van der Waals surface area contributed by atoms with Crippen LogP contribution in [0.3, 0.4) is 0 Å². The van der Waals surface area contributed by atoms with Crippen molar-refractivity contribution in [3.05, 3.63) is 71.5 Å². The fourth-order valence-corrected chi connectivity index (χ4v) is 2.48. The first kappa shape index (κ1) is 15.6. The van der Waals surface area contributed by atoms with E-state index in [-0.39, 0.29) is 24.2 Å². The van der Waals surface area contributed by atoms with Crippen LogP contribution < -0.4 is 10.5 Å². The summed E-state index contributed by atoms with van der Waals surface area (Å²) in [6.45, 7) is 0.218. The van der Waals surface area contributed by atoms with Gasteiger partial charge in [0, 0.05) is 6.54 Å². The van der Waals surface area contributed by atoms with Gasteiger partial charge >= 0.3 is 0 Å². The lowest BCUT2D eigenvalue weighted by molar-refractivity contribution is 0.582. The Balaban J connectivity index is 2.20. The van der Waals surface area contributed by atoms with E-state index in [2.05, 4.69) is 5.32 Å². The molecule has 21 heavy (non-hydrogen) atoms. The van der Waals surface area contributed by atoms with Gasteiger partial charge < -0.3 is 5.32 Å². The third kappa shape index (κ3) is 4.93. The number of benzene rings is 2. The van der Waals surface area contributed by atoms with E-state index in [0.29, 0.717) is 0 Å². The molecule has 2 rings (SSSR count). The number of sulfonamides is 1. The minimum Gasteiger partial charge on any atom is -0.305 e. The topological polar surface area (TPSA) is 72.2 Å². The molecule has 0 saturated heterocycles. The summed E-state index contributed by atoms with van der Waals surface area (Å²) in [5.41, 5.74) is 1.83. The zero-order chi connectivity index (χ0) is 15.3. The van der Waals surface area contributed by atoms with Gasteiger partial charge in [0.2, 0.25) is 10.0 Å². The SMILES string of the molecule is NS(=O)(=O)CCNC(c1ccccc1)c1ccc(F)cc1. The Morgan fingerprint density at radius 1 is 1.00 bits per heavy atom. The van der Waals surface area contributed by atoms with E-state index in [0.717, 1.165) is 11.1 Å². The highest BCUT2D eigenvalue weighted by molar-refractivity contribution is 7.89. The Kier molecular flexibility index (Phi) is 5.06. The van der Waals surface area contributed by atoms with Crippen LogP contribution in [0.5, 0.6) is 0 Å². The molecule has 0 aromatic heterocycles. The van der Waals surface area contributed by atoms with Crippen molar-refractivity contribution >= 4 is 10.0 Å². The standard InChI is InChI=1S/C15H17FN2O2S/c16-14-8-6-13(7-9-14)15(12-4-2-1-3-5-12)18-10-11-21(17,19)20/h1-9,15,18H,10-11H2,(H2,17,19,20). The van der Waals surface area contributed by atoms with E-state index in [4.69, 9.17) is 5.14 Å². The number of nitrogens with two attached hydrogens (primary N) is 1. The second-order valence-corrected chi connectivity index (χ2v) is 6.45. The first-order valence-corrected chi connectivity index (χ1v) is 8.21. The van der Waals surface area contributed by atoms with Gasteiger partial charge in [-0.25, -0.2) is 17.9 Å². The summed E-state index contributed by atoms with van der Waals surface area (Å²) in [7, 11) is -3.51. The van der Waals surface area contributed by atoms with Crippen LogP contribution in [0.1, 0.15) is 17.2 Å². The van der Waals surface area contributed by atoms with E-state index in [1.807, 2.05) is 30.3 Å². The Bertz CT molecular complexity index is 673. The van der Waals surface area contributed by atoms with Crippen LogP contribution in [0.25, 0.3) is 0 Å². The highest BCUT2D eigenvalue weighted by Crippen LogP contribution is 2.22. The number of halogens is 1. The van der Waals surface area contributed by atoms with Crippen LogP contribution in [-0.2, 0) is 10.0 Å². The normalized spacial score (nSPS) is 13.0. The van der Waals surface area contributed by atoms with E-state index in [1.54, 1.807) is 12.1 Å². The van der Waals surface area contributed by atoms with E-state index in [1.165, 1.54) is 12.1 Å². The van der Waals surface area contributed by atoms with Crippen LogP contribution >= 0.6 is 0 Å². The lowest BCUT2D eigenvalue weighted by atomic mass is 9.99. The van der Waals surface area contributed by atoms with Crippen LogP contribution in [0.15, 0.2) is 54.6 Å². The molecular formula is C15H17FN2O2S. The van der Waals surface area contributed by atoms with Crippen molar-refractivity contribution in [3.8, 4) is 0 Å². The van der Waals surface area contributed by atoms with E-state index >= 15 is 0 Å². The maximum absolute atomic E-state index is 13.0. The molecule has 4 nitrogen and oxygen atoms in total. The van der Waals surface area contributed by atoms with Gasteiger partial charge in [-0.05, 0) is 23.3 Å². The van der Waals surface area contributed by atoms with Crippen molar-refractivity contribution in [1.29, 1.82) is 0 Å². The smallest absolute Gasteiger partial charge is 0.210 e. The quantitative estimate of drug-likeness (QED) is 0.854. The molecule has 6 heteroatoms. The summed E-state index contributed by atoms with van der Waals surface area (Å²) in [4.78, 5) is 0. The molecule has 0 radical (unpaired) electrons. The van der Waals surface area contributed by atoms with Crippen molar-refractivity contribution in [3.63, 3.8) is 0 Å². The zero-order valence-corrected chi connectivity index (χ0v) is 12.2. The Morgan fingerprint density at radius 3 is 2.14 bits per heavy atom. The molecule has 1 atom stereocenters. The van der Waals surface area contributed by atoms with Crippen molar-refractivity contribution in [2.75, 3.05) is 12.3 Å². The second-order valence-electron chi connectivity index (χ2n) is 4.72. The zero-order valence-electron chi connectivity index (χ0n) is 11.4. The summed E-state index contributed by atoms with van der Waals surface area (Å²) in [6.07, 6.45) is 0. The van der Waals surface area contributed by atoms with Crippen LogP contribution in [0, 0.1) is 5.82 Å². The maximum atomic E-state index is 13.0. The molecule has 0 spiro atoms. The molecule has 112 valence electrons. The molecule has 0 aliphatic heterocycles. The van der Waals surface area contributed by atoms with Gasteiger partial charge in [-0.2, -0.15) is 0 Å². The molecule has 0 amide bonds. The number of nitrogens with one attached hydrogen (secondary N) is 1. The third-order valence-electron chi connectivity index (χ3n) is 3.07. The summed E-state index contributed by atoms with van der Waals surface area (Å²) in [5.74, 6) is -0.465. The van der Waals surface area contributed by atoms with Gasteiger partial charge in [0.1, 0.15) is 5.82 Å². The molecule has 2 aromatic rings. The lowest BCUT2D eigenvalue weighted by Gasteiger charge is -2.19. The molecule has 0 fully saturated rings. The van der Waals surface area contributed by atoms with Gasteiger partial charge in [-0.15, -0.1) is 0 Å². The summed E-state index contributed by atoms with van der Waals surface area (Å²) >= 11 is 0. The van der Waals surface area contributed by atoms with Gasteiger partial charge in [0.25, 0.3) is 0 Å². The average molecular weight is 308 g/mol. The highest BCUT2D eigenvalue weighted by Gasteiger charge is 2.14. The van der Waals surface area contributed by atoms with Gasteiger partial charge in [-0.3, -0.25) is 0 Å². The fourth-order valence-electron chi connectivity index (χ4n) is 2.07. The Labute approximate surface area is 123 Å². The molecule has 0 aliphatic rings. The van der Waals surface area contributed by atoms with E-state index < -0.39 is 10.0 Å². The minimum absolute atomic E-state index is 0.155. The number of primary sulfonamides is 1. The first-order valence-electron chi connectivity index (χ1n) is 6.50. The fraction of sp³-hybridized carbons (Fsp3) is 0.200. The number of hydrogen-bond donors (Lipinski definition) is 2. The van der Waals surface area contributed by atoms with Crippen LogP contribution in [-0.4, -0.2) is 20.7 Å². The molecule has 0 aliphatic carbocycles. The molecule has 0 bridgehead atoms. The van der Waals surface area contributed by atoms with E-state index in [9.17, 15) is 12.8 Å². The van der Waals surface area contributed by atoms with Gasteiger partial charge in [0.15, 0.2) is 0 Å². The summed E-state index contributed by atoms with van der Waals surface area (Å²) < 4.78 is 35.1. The molecule has 0 saturated carbocycles. The Hall–Kier alpha value is -1.76. The lowest BCUT2D eigenvalue weighted by Crippen LogP contribution is -2.30. The molecular weight excluding hydrogens is 291 g/mol. The monoisotopic (exact) mass is 308 g/mol. The summed E-state index contributed by atoms with van der Waals surface area (Å²) in [6, 6.07) is 15.5. The van der Waals surface area contributed by atoms with Gasteiger partial charge in [0.05, 0.1) is 11.8 Å². The first-order chi connectivity index (χ1) is 9.96. The van der Waals surface area contributed by atoms with Crippen molar-refractivity contribution in [2.24, 2.45) is 5.14 Å². The molecule has 0 heterocycles. The molecule has 2 aromatic carbocycles. The minimum atomic E-state index is -3.51. The third-order valence-corrected chi connectivity index (χ3v) is 3.84. The predicted octanol–water partition coefficient (Wildman–Crippen LogP) is 1.79. The summed E-state index contributed by atoms with van der Waals surface area (Å²) in [5, 5.41) is 8.15. The molecule has 3 N–H and O–H groups in total. The molecule has 1 unspecified atom stereocenters. The van der Waals surface area contributed by atoms with Crippen molar-refractivity contribution in [1.82, 2.24) is 5.32 Å². The van der Waals surface area contributed by atoms with Crippen LogP contribution in [0.4, 0.5) is 4.39 Å². The predicted molar refractivity (Wildman–Crippen MR) is 80.7 cm³/mol. The van der Waals surface area contributed by atoms with Crippen molar-refractivity contribution in [2.45, 2.75) is 6.04 Å². The Morgan fingerprint density at radius 2 is 1.57 bits per heavy atom. The van der Waals surface area contributed by atoms with Gasteiger partial charge in [-0.1, -0.05) is 42.5 Å². The second kappa shape index (κ2) is 6.80. The number of hydrogen-bond acceptors (Lipinski definition) is 3. The number of rotatable bonds is 6.